The van der Waals surface area contributed by atoms with E-state index in [1.54, 1.807) is 11.3 Å². The molecule has 1 aromatic carbocycles. The zero-order valence-electron chi connectivity index (χ0n) is 10.8. The monoisotopic (exact) mass is 280 g/mol. The van der Waals surface area contributed by atoms with Crippen LogP contribution in [0.25, 0.3) is 11.3 Å². The molecule has 0 bridgehead atoms. The summed E-state index contributed by atoms with van der Waals surface area (Å²) in [6.45, 7) is 6.37. The summed E-state index contributed by atoms with van der Waals surface area (Å²) in [5, 5.41) is 3.73. The predicted octanol–water partition coefficient (Wildman–Crippen LogP) is 4.51. The molecule has 0 saturated carbocycles. The van der Waals surface area contributed by atoms with Crippen molar-refractivity contribution in [3.63, 3.8) is 0 Å². The molecule has 0 fully saturated rings. The van der Waals surface area contributed by atoms with Crippen molar-refractivity contribution < 1.29 is 0 Å². The average Bonchev–Trinajstić information content (AvgIpc) is 2.75. The molecule has 1 unspecified atom stereocenters. The number of nitrogens with zero attached hydrogens (tertiary/aromatic N) is 1. The van der Waals surface area contributed by atoms with Gasteiger partial charge in [0.25, 0.3) is 0 Å². The highest BCUT2D eigenvalue weighted by atomic mass is 35.5. The van der Waals surface area contributed by atoms with Gasteiger partial charge in [0.15, 0.2) is 0 Å². The molecule has 2 aromatic rings. The van der Waals surface area contributed by atoms with Crippen LogP contribution in [-0.4, -0.2) is 4.98 Å². The van der Waals surface area contributed by atoms with E-state index >= 15 is 0 Å². The van der Waals surface area contributed by atoms with Crippen LogP contribution in [-0.2, 0) is 0 Å². The van der Waals surface area contributed by atoms with E-state index in [-0.39, 0.29) is 11.5 Å². The maximum absolute atomic E-state index is 6.22. The average molecular weight is 281 g/mol. The third kappa shape index (κ3) is 2.91. The van der Waals surface area contributed by atoms with Crippen LogP contribution < -0.4 is 5.73 Å². The maximum Gasteiger partial charge on any atom is 0.111 e. The highest BCUT2D eigenvalue weighted by Crippen LogP contribution is 2.34. The van der Waals surface area contributed by atoms with Gasteiger partial charge >= 0.3 is 0 Å². The lowest BCUT2D eigenvalue weighted by Crippen LogP contribution is -2.26. The summed E-state index contributed by atoms with van der Waals surface area (Å²) < 4.78 is 0. The standard InChI is InChI=1S/C14H17ClN2S/c1-14(2,3)12(16)13-17-11(8-18-13)9-5-4-6-10(15)7-9/h4-8,12H,16H2,1-3H3. The summed E-state index contributed by atoms with van der Waals surface area (Å²) >= 11 is 7.59. The van der Waals surface area contributed by atoms with E-state index in [4.69, 9.17) is 17.3 Å². The molecule has 1 aromatic heterocycles. The van der Waals surface area contributed by atoms with E-state index in [0.29, 0.717) is 0 Å². The normalized spacial score (nSPS) is 13.6. The number of thiazole rings is 1. The van der Waals surface area contributed by atoms with Crippen molar-refractivity contribution in [3.05, 3.63) is 39.7 Å². The van der Waals surface area contributed by atoms with Gasteiger partial charge in [-0.3, -0.25) is 0 Å². The molecule has 0 saturated heterocycles. The van der Waals surface area contributed by atoms with Crippen molar-refractivity contribution in [2.45, 2.75) is 26.8 Å². The third-order valence-corrected chi connectivity index (χ3v) is 4.00. The fraction of sp³-hybridized carbons (Fsp3) is 0.357. The minimum absolute atomic E-state index is 0.0173. The third-order valence-electron chi connectivity index (χ3n) is 2.84. The summed E-state index contributed by atoms with van der Waals surface area (Å²) in [6.07, 6.45) is 0. The Labute approximate surface area is 117 Å². The second-order valence-corrected chi connectivity index (χ2v) is 6.75. The van der Waals surface area contributed by atoms with Crippen molar-refractivity contribution in [3.8, 4) is 11.3 Å². The SMILES string of the molecule is CC(C)(C)C(N)c1nc(-c2cccc(Cl)c2)cs1. The Hall–Kier alpha value is -0.900. The van der Waals surface area contributed by atoms with Crippen LogP contribution in [0.15, 0.2) is 29.6 Å². The Morgan fingerprint density at radius 1 is 1.33 bits per heavy atom. The van der Waals surface area contributed by atoms with Crippen LogP contribution in [0.1, 0.15) is 31.8 Å². The maximum atomic E-state index is 6.22. The second-order valence-electron chi connectivity index (χ2n) is 5.43. The lowest BCUT2D eigenvalue weighted by atomic mass is 9.88. The van der Waals surface area contributed by atoms with Gasteiger partial charge in [0, 0.05) is 16.0 Å². The van der Waals surface area contributed by atoms with Gasteiger partial charge in [-0.05, 0) is 17.5 Å². The van der Waals surface area contributed by atoms with Crippen molar-refractivity contribution in [1.82, 2.24) is 4.98 Å². The summed E-state index contributed by atoms with van der Waals surface area (Å²) in [5.74, 6) is 0. The summed E-state index contributed by atoms with van der Waals surface area (Å²) in [4.78, 5) is 4.62. The smallest absolute Gasteiger partial charge is 0.111 e. The molecular weight excluding hydrogens is 264 g/mol. The Bertz CT molecular complexity index is 543. The molecule has 2 nitrogen and oxygen atoms in total. The minimum Gasteiger partial charge on any atom is -0.322 e. The van der Waals surface area contributed by atoms with Gasteiger partial charge in [-0.2, -0.15) is 0 Å². The molecule has 0 radical (unpaired) electrons. The first-order chi connectivity index (χ1) is 8.38. The van der Waals surface area contributed by atoms with Gasteiger partial charge in [0.1, 0.15) is 5.01 Å². The molecule has 0 amide bonds. The lowest BCUT2D eigenvalue weighted by Gasteiger charge is -2.24. The van der Waals surface area contributed by atoms with E-state index in [9.17, 15) is 0 Å². The topological polar surface area (TPSA) is 38.9 Å². The fourth-order valence-corrected chi connectivity index (χ4v) is 2.84. The number of hydrogen-bond donors (Lipinski definition) is 1. The molecular formula is C14H17ClN2S. The number of aromatic nitrogens is 1. The lowest BCUT2D eigenvalue weighted by molar-refractivity contribution is 0.326. The van der Waals surface area contributed by atoms with Crippen LogP contribution in [0.2, 0.25) is 5.02 Å². The van der Waals surface area contributed by atoms with Crippen LogP contribution in [0.3, 0.4) is 0 Å². The first kappa shape index (κ1) is 13.5. The van der Waals surface area contributed by atoms with E-state index in [0.717, 1.165) is 21.3 Å². The fourth-order valence-electron chi connectivity index (χ4n) is 1.58. The van der Waals surface area contributed by atoms with E-state index in [1.165, 1.54) is 0 Å². The van der Waals surface area contributed by atoms with Crippen LogP contribution in [0.5, 0.6) is 0 Å². The van der Waals surface area contributed by atoms with Crippen LogP contribution in [0.4, 0.5) is 0 Å². The molecule has 4 heteroatoms. The highest BCUT2D eigenvalue weighted by molar-refractivity contribution is 7.10. The first-order valence-corrected chi connectivity index (χ1v) is 7.10. The van der Waals surface area contributed by atoms with Gasteiger partial charge in [-0.1, -0.05) is 44.5 Å². The highest BCUT2D eigenvalue weighted by Gasteiger charge is 2.25. The number of benzene rings is 1. The van der Waals surface area contributed by atoms with Gasteiger partial charge in [-0.15, -0.1) is 11.3 Å². The molecule has 0 aliphatic rings. The molecule has 2 rings (SSSR count). The molecule has 1 atom stereocenters. The zero-order valence-corrected chi connectivity index (χ0v) is 12.3. The van der Waals surface area contributed by atoms with Crippen molar-refractivity contribution >= 4 is 22.9 Å². The van der Waals surface area contributed by atoms with E-state index in [2.05, 4.69) is 25.8 Å². The zero-order chi connectivity index (χ0) is 13.3. The molecule has 2 N–H and O–H groups in total. The Morgan fingerprint density at radius 3 is 2.67 bits per heavy atom. The molecule has 0 spiro atoms. The Kier molecular flexibility index (Phi) is 3.76. The number of hydrogen-bond acceptors (Lipinski definition) is 3. The number of nitrogens with two attached hydrogens (primary N) is 1. The van der Waals surface area contributed by atoms with E-state index < -0.39 is 0 Å². The van der Waals surface area contributed by atoms with Gasteiger partial charge in [-0.25, -0.2) is 4.98 Å². The largest absolute Gasteiger partial charge is 0.322 e. The van der Waals surface area contributed by atoms with Crippen molar-refractivity contribution in [2.24, 2.45) is 11.1 Å². The van der Waals surface area contributed by atoms with Gasteiger partial charge in [0.05, 0.1) is 11.7 Å². The molecule has 0 aliphatic carbocycles. The van der Waals surface area contributed by atoms with Crippen molar-refractivity contribution in [2.75, 3.05) is 0 Å². The second kappa shape index (κ2) is 5.00. The van der Waals surface area contributed by atoms with E-state index in [1.807, 2.05) is 29.6 Å². The van der Waals surface area contributed by atoms with Crippen LogP contribution in [0, 0.1) is 5.41 Å². The van der Waals surface area contributed by atoms with Crippen molar-refractivity contribution in [1.29, 1.82) is 0 Å². The molecule has 0 aliphatic heterocycles. The Balaban J connectivity index is 2.31. The molecule has 1 heterocycles. The molecule has 96 valence electrons. The number of rotatable bonds is 2. The minimum atomic E-state index is -0.0459. The van der Waals surface area contributed by atoms with Gasteiger partial charge < -0.3 is 5.73 Å². The van der Waals surface area contributed by atoms with Crippen LogP contribution >= 0.6 is 22.9 Å². The molecule has 18 heavy (non-hydrogen) atoms. The van der Waals surface area contributed by atoms with Gasteiger partial charge in [0.2, 0.25) is 0 Å². The first-order valence-electron chi connectivity index (χ1n) is 5.85. The quantitative estimate of drug-likeness (QED) is 0.879. The summed E-state index contributed by atoms with van der Waals surface area (Å²) in [7, 11) is 0. The Morgan fingerprint density at radius 2 is 2.06 bits per heavy atom. The summed E-state index contributed by atoms with van der Waals surface area (Å²) in [6, 6.07) is 7.67. The predicted molar refractivity (Wildman–Crippen MR) is 78.9 cm³/mol. The summed E-state index contributed by atoms with van der Waals surface area (Å²) in [5.41, 5.74) is 8.21. The number of halogens is 1.